The molecular weight excluding hydrogens is 449 g/mol. The Bertz CT molecular complexity index is 1100. The molecule has 1 aliphatic rings. The molecule has 0 fully saturated rings. The van der Waals surface area contributed by atoms with Crippen LogP contribution in [0, 0.1) is 0 Å². The Labute approximate surface area is 184 Å². The molecule has 1 aromatic carbocycles. The lowest BCUT2D eigenvalue weighted by molar-refractivity contribution is -0.155. The van der Waals surface area contributed by atoms with Crippen molar-refractivity contribution < 1.29 is 32.7 Å². The number of hydrogen-bond donors (Lipinski definition) is 3. The molecule has 170 valence electrons. The van der Waals surface area contributed by atoms with Crippen LogP contribution >= 0.6 is 11.3 Å². The molecule has 3 rings (SSSR count). The Morgan fingerprint density at radius 2 is 1.78 bits per heavy atom. The first-order valence-electron chi connectivity index (χ1n) is 9.17. The highest BCUT2D eigenvalue weighted by Crippen LogP contribution is 2.37. The van der Waals surface area contributed by atoms with E-state index >= 15 is 0 Å². The first-order valence-corrected chi connectivity index (χ1v) is 10.1. The van der Waals surface area contributed by atoms with Crippen molar-refractivity contribution in [3.05, 3.63) is 57.5 Å². The SMILES string of the molecule is CN(C)C(=O)c1cccc(NC2=C(NC(c3cccs3)C(F)(F)F)C(=O)N(C)C2=O)c1O. The number of alkyl halides is 3. The smallest absolute Gasteiger partial charge is 0.413 e. The topological polar surface area (TPSA) is 102 Å². The molecule has 0 spiro atoms. The average Bonchev–Trinajstić information content (AvgIpc) is 3.31. The van der Waals surface area contributed by atoms with Crippen molar-refractivity contribution in [2.45, 2.75) is 12.2 Å². The van der Waals surface area contributed by atoms with Crippen LogP contribution in [-0.4, -0.2) is 59.9 Å². The predicted molar refractivity (Wildman–Crippen MR) is 111 cm³/mol. The summed E-state index contributed by atoms with van der Waals surface area (Å²) in [6.45, 7) is 0. The Morgan fingerprint density at radius 1 is 1.12 bits per heavy atom. The summed E-state index contributed by atoms with van der Waals surface area (Å²) in [6.07, 6.45) is -4.76. The van der Waals surface area contributed by atoms with E-state index in [1.807, 2.05) is 0 Å². The van der Waals surface area contributed by atoms with Crippen molar-refractivity contribution in [2.75, 3.05) is 26.5 Å². The Morgan fingerprint density at radius 3 is 2.34 bits per heavy atom. The van der Waals surface area contributed by atoms with E-state index in [1.165, 1.54) is 54.7 Å². The van der Waals surface area contributed by atoms with Gasteiger partial charge in [0.25, 0.3) is 17.7 Å². The van der Waals surface area contributed by atoms with E-state index in [1.54, 1.807) is 0 Å². The molecule has 2 aromatic rings. The summed E-state index contributed by atoms with van der Waals surface area (Å²) in [7, 11) is 4.07. The van der Waals surface area contributed by atoms with Gasteiger partial charge >= 0.3 is 6.18 Å². The molecule has 3 N–H and O–H groups in total. The molecule has 12 heteroatoms. The van der Waals surface area contributed by atoms with Gasteiger partial charge in [-0.3, -0.25) is 19.3 Å². The fourth-order valence-corrected chi connectivity index (χ4v) is 3.80. The summed E-state index contributed by atoms with van der Waals surface area (Å²) in [5.41, 5.74) is -1.29. The summed E-state index contributed by atoms with van der Waals surface area (Å²) in [6, 6.07) is 4.56. The van der Waals surface area contributed by atoms with Crippen LogP contribution in [0.3, 0.4) is 0 Å². The summed E-state index contributed by atoms with van der Waals surface area (Å²) in [4.78, 5) is 39.2. The van der Waals surface area contributed by atoms with Crippen LogP contribution in [0.2, 0.25) is 0 Å². The normalized spacial score (nSPS) is 15.2. The zero-order chi connectivity index (χ0) is 23.8. The zero-order valence-electron chi connectivity index (χ0n) is 17.1. The maximum atomic E-state index is 13.7. The molecule has 0 bridgehead atoms. The third kappa shape index (κ3) is 4.26. The molecule has 1 aliphatic heterocycles. The molecule has 0 aliphatic carbocycles. The zero-order valence-corrected chi connectivity index (χ0v) is 18.0. The standard InChI is InChI=1S/C20H19F3N4O4S/c1-26(2)17(29)10-6-4-7-11(15(10)28)24-13-14(19(31)27(3)18(13)30)25-16(20(21,22)23)12-8-5-9-32-12/h4-9,16,24-25,28H,1-3H3. The number of thiophene rings is 1. The minimum atomic E-state index is -4.76. The Balaban J connectivity index is 2.04. The van der Waals surface area contributed by atoms with Crippen molar-refractivity contribution >= 4 is 34.7 Å². The van der Waals surface area contributed by atoms with Gasteiger partial charge in [-0.05, 0) is 23.6 Å². The van der Waals surface area contributed by atoms with Crippen LogP contribution in [-0.2, 0) is 9.59 Å². The Kier molecular flexibility index (Phi) is 6.17. The quantitative estimate of drug-likeness (QED) is 0.445. The number of hydrogen-bond acceptors (Lipinski definition) is 7. The molecule has 2 heterocycles. The van der Waals surface area contributed by atoms with Gasteiger partial charge in [-0.25, -0.2) is 0 Å². The molecule has 1 atom stereocenters. The lowest BCUT2D eigenvalue weighted by atomic mass is 10.1. The number of phenols is 1. The second kappa shape index (κ2) is 8.54. The monoisotopic (exact) mass is 468 g/mol. The number of aromatic hydroxyl groups is 1. The van der Waals surface area contributed by atoms with Crippen molar-refractivity contribution in [1.82, 2.24) is 15.1 Å². The molecule has 3 amide bonds. The van der Waals surface area contributed by atoms with Crippen LogP contribution in [0.1, 0.15) is 21.3 Å². The maximum absolute atomic E-state index is 13.7. The largest absolute Gasteiger partial charge is 0.505 e. The van der Waals surface area contributed by atoms with Gasteiger partial charge in [-0.2, -0.15) is 13.2 Å². The number of likely N-dealkylation sites (N-methyl/N-ethyl adjacent to an activating group) is 1. The van der Waals surface area contributed by atoms with Crippen LogP contribution in [0.25, 0.3) is 0 Å². The molecular formula is C20H19F3N4O4S. The van der Waals surface area contributed by atoms with Gasteiger partial charge < -0.3 is 20.6 Å². The fraction of sp³-hybridized carbons (Fsp3) is 0.250. The Hall–Kier alpha value is -3.54. The van der Waals surface area contributed by atoms with E-state index in [9.17, 15) is 32.7 Å². The summed E-state index contributed by atoms with van der Waals surface area (Å²) in [5.74, 6) is -2.91. The van der Waals surface area contributed by atoms with Crippen molar-refractivity contribution in [3.8, 4) is 5.75 Å². The van der Waals surface area contributed by atoms with Crippen LogP contribution in [0.5, 0.6) is 5.75 Å². The van der Waals surface area contributed by atoms with Crippen molar-refractivity contribution in [1.29, 1.82) is 0 Å². The number of rotatable bonds is 6. The molecule has 0 saturated carbocycles. The predicted octanol–water partition coefficient (Wildman–Crippen LogP) is 2.67. The van der Waals surface area contributed by atoms with Gasteiger partial charge in [-0.15, -0.1) is 11.3 Å². The van der Waals surface area contributed by atoms with E-state index in [0.29, 0.717) is 4.90 Å². The lowest BCUT2D eigenvalue weighted by Gasteiger charge is -2.22. The third-order valence-corrected chi connectivity index (χ3v) is 5.60. The summed E-state index contributed by atoms with van der Waals surface area (Å²) >= 11 is 0.842. The van der Waals surface area contributed by atoms with Crippen LogP contribution in [0.15, 0.2) is 47.1 Å². The van der Waals surface area contributed by atoms with E-state index < -0.39 is 47.1 Å². The number of anilines is 1. The molecule has 8 nitrogen and oxygen atoms in total. The van der Waals surface area contributed by atoms with Crippen LogP contribution < -0.4 is 10.6 Å². The van der Waals surface area contributed by atoms with Gasteiger partial charge in [0.05, 0.1) is 11.3 Å². The highest BCUT2D eigenvalue weighted by Gasteiger charge is 2.46. The number of imide groups is 1. The van der Waals surface area contributed by atoms with E-state index in [4.69, 9.17) is 0 Å². The summed E-state index contributed by atoms with van der Waals surface area (Å²) in [5, 5.41) is 16.6. The lowest BCUT2D eigenvalue weighted by Crippen LogP contribution is -2.37. The number of nitrogens with zero attached hydrogens (tertiary/aromatic N) is 2. The van der Waals surface area contributed by atoms with Gasteiger partial charge in [0.1, 0.15) is 11.4 Å². The number of halogens is 3. The van der Waals surface area contributed by atoms with Crippen molar-refractivity contribution in [3.63, 3.8) is 0 Å². The molecule has 32 heavy (non-hydrogen) atoms. The molecule has 0 saturated heterocycles. The second-order valence-corrected chi connectivity index (χ2v) is 8.06. The number of amides is 3. The van der Waals surface area contributed by atoms with E-state index in [0.717, 1.165) is 18.4 Å². The molecule has 1 aromatic heterocycles. The highest BCUT2D eigenvalue weighted by atomic mass is 32.1. The number of carbonyl (C=O) groups is 3. The van der Waals surface area contributed by atoms with Crippen molar-refractivity contribution in [2.24, 2.45) is 0 Å². The number of benzene rings is 1. The van der Waals surface area contributed by atoms with Gasteiger partial charge in [-0.1, -0.05) is 12.1 Å². The van der Waals surface area contributed by atoms with Crippen LogP contribution in [0.4, 0.5) is 18.9 Å². The maximum Gasteiger partial charge on any atom is 0.413 e. The minimum Gasteiger partial charge on any atom is -0.505 e. The van der Waals surface area contributed by atoms with E-state index in [-0.39, 0.29) is 16.1 Å². The van der Waals surface area contributed by atoms with Gasteiger partial charge in [0, 0.05) is 26.0 Å². The number of nitrogens with one attached hydrogen (secondary N) is 2. The average molecular weight is 468 g/mol. The molecule has 1 unspecified atom stereocenters. The highest BCUT2D eigenvalue weighted by molar-refractivity contribution is 7.10. The minimum absolute atomic E-state index is 0.0908. The number of phenolic OH excluding ortho intramolecular Hbond substituents is 1. The fourth-order valence-electron chi connectivity index (χ4n) is 3.00. The number of carbonyl (C=O) groups excluding carboxylic acids is 3. The third-order valence-electron chi connectivity index (χ3n) is 4.66. The summed E-state index contributed by atoms with van der Waals surface area (Å²) < 4.78 is 41.1. The molecule has 0 radical (unpaired) electrons. The van der Waals surface area contributed by atoms with Gasteiger partial charge in [0.15, 0.2) is 11.8 Å². The first kappa shape index (κ1) is 23.1. The first-order chi connectivity index (χ1) is 14.9. The second-order valence-electron chi connectivity index (χ2n) is 7.08. The van der Waals surface area contributed by atoms with E-state index in [2.05, 4.69) is 10.6 Å². The number of para-hydroxylation sites is 1. The van der Waals surface area contributed by atoms with Gasteiger partial charge in [0.2, 0.25) is 0 Å².